The molecule has 0 saturated carbocycles. The molecule has 1 aromatic carbocycles. The number of hydrogen-bond donors (Lipinski definition) is 1. The Morgan fingerprint density at radius 3 is 2.71 bits per heavy atom. The maximum Gasteiger partial charge on any atom is 0.238 e. The zero-order valence-corrected chi connectivity index (χ0v) is 10.4. The monoisotopic (exact) mass is 231 g/mol. The first kappa shape index (κ1) is 13.0. The van der Waals surface area contributed by atoms with Crippen LogP contribution in [0.25, 0.3) is 0 Å². The lowest BCUT2D eigenvalue weighted by molar-refractivity contribution is -0.115. The van der Waals surface area contributed by atoms with E-state index in [0.29, 0.717) is 6.04 Å². The summed E-state index contributed by atoms with van der Waals surface area (Å²) < 4.78 is 0. The zero-order valence-electron chi connectivity index (χ0n) is 10.4. The number of nitriles is 1. The second-order valence-corrected chi connectivity index (χ2v) is 4.10. The second-order valence-electron chi connectivity index (χ2n) is 4.10. The molecule has 1 N–H and O–H groups in total. The second kappa shape index (κ2) is 5.90. The fourth-order valence-corrected chi connectivity index (χ4v) is 1.43. The van der Waals surface area contributed by atoms with E-state index >= 15 is 0 Å². The molecule has 0 bridgehead atoms. The predicted molar refractivity (Wildman–Crippen MR) is 68.8 cm³/mol. The summed E-state index contributed by atoms with van der Waals surface area (Å²) in [7, 11) is 1.97. The summed E-state index contributed by atoms with van der Waals surface area (Å²) in [6.45, 7) is 4.15. The molecule has 0 heterocycles. The highest BCUT2D eigenvalue weighted by atomic mass is 16.1. The fraction of sp³-hybridized carbons (Fsp3) is 0.385. The molecule has 0 aromatic heterocycles. The van der Waals surface area contributed by atoms with Gasteiger partial charge >= 0.3 is 0 Å². The standard InChI is InChI=1S/C13H17N3O/c1-10(2)16(3)12-7-5-4-6-11(12)15-13(17)8-9-14/h4-7,10H,8H2,1-3H3,(H,15,17). The minimum Gasteiger partial charge on any atom is -0.370 e. The van der Waals surface area contributed by atoms with Crippen molar-refractivity contribution in [1.82, 2.24) is 0 Å². The Morgan fingerprint density at radius 1 is 1.47 bits per heavy atom. The van der Waals surface area contributed by atoms with E-state index in [1.165, 1.54) is 0 Å². The lowest BCUT2D eigenvalue weighted by atomic mass is 10.2. The van der Waals surface area contributed by atoms with E-state index in [1.807, 2.05) is 37.4 Å². The third-order valence-electron chi connectivity index (χ3n) is 2.57. The Kier molecular flexibility index (Phi) is 4.53. The molecule has 1 aromatic rings. The Balaban J connectivity index is 2.93. The highest BCUT2D eigenvalue weighted by Crippen LogP contribution is 2.25. The first-order valence-electron chi connectivity index (χ1n) is 5.55. The van der Waals surface area contributed by atoms with Crippen molar-refractivity contribution in [2.75, 3.05) is 17.3 Å². The molecule has 4 heteroatoms. The summed E-state index contributed by atoms with van der Waals surface area (Å²) in [6.07, 6.45) is -0.125. The highest BCUT2D eigenvalue weighted by molar-refractivity contribution is 5.95. The number of nitrogens with zero attached hydrogens (tertiary/aromatic N) is 2. The van der Waals surface area contributed by atoms with Crippen LogP contribution in [-0.2, 0) is 4.79 Å². The molecule has 1 amide bonds. The van der Waals surface area contributed by atoms with Crippen LogP contribution in [0.15, 0.2) is 24.3 Å². The van der Waals surface area contributed by atoms with Gasteiger partial charge < -0.3 is 10.2 Å². The van der Waals surface area contributed by atoms with Gasteiger partial charge in [0.2, 0.25) is 5.91 Å². The molecule has 0 unspecified atom stereocenters. The Hall–Kier alpha value is -2.02. The maximum absolute atomic E-state index is 11.4. The molecule has 0 spiro atoms. The van der Waals surface area contributed by atoms with Gasteiger partial charge in [-0.3, -0.25) is 4.79 Å². The number of anilines is 2. The molecule has 0 saturated heterocycles. The van der Waals surface area contributed by atoms with E-state index in [9.17, 15) is 4.79 Å². The first-order valence-corrected chi connectivity index (χ1v) is 5.55. The first-order chi connectivity index (χ1) is 8.06. The van der Waals surface area contributed by atoms with Crippen LogP contribution in [0.1, 0.15) is 20.3 Å². The van der Waals surface area contributed by atoms with Crippen molar-refractivity contribution in [2.24, 2.45) is 0 Å². The summed E-state index contributed by atoms with van der Waals surface area (Å²) in [4.78, 5) is 13.5. The molecule has 0 fully saturated rings. The molecule has 0 aliphatic rings. The van der Waals surface area contributed by atoms with Crippen LogP contribution in [0.4, 0.5) is 11.4 Å². The molecule has 1 rings (SSSR count). The quantitative estimate of drug-likeness (QED) is 0.865. The molecule has 17 heavy (non-hydrogen) atoms. The minimum atomic E-state index is -0.280. The molecular formula is C13H17N3O. The van der Waals surface area contributed by atoms with Gasteiger partial charge in [-0.1, -0.05) is 12.1 Å². The van der Waals surface area contributed by atoms with Crippen molar-refractivity contribution < 1.29 is 4.79 Å². The van der Waals surface area contributed by atoms with Gasteiger partial charge in [-0.05, 0) is 26.0 Å². The van der Waals surface area contributed by atoms with Crippen LogP contribution in [0, 0.1) is 11.3 Å². The van der Waals surface area contributed by atoms with Crippen molar-refractivity contribution in [3.8, 4) is 6.07 Å². The van der Waals surface area contributed by atoms with Gasteiger partial charge in [0.05, 0.1) is 17.4 Å². The topological polar surface area (TPSA) is 56.1 Å². The Bertz CT molecular complexity index is 435. The van der Waals surface area contributed by atoms with Crippen LogP contribution in [-0.4, -0.2) is 19.0 Å². The van der Waals surface area contributed by atoms with Gasteiger partial charge in [0.15, 0.2) is 0 Å². The molecule has 0 atom stereocenters. The van der Waals surface area contributed by atoms with Gasteiger partial charge in [-0.15, -0.1) is 0 Å². The van der Waals surface area contributed by atoms with E-state index in [-0.39, 0.29) is 12.3 Å². The minimum absolute atomic E-state index is 0.125. The third-order valence-corrected chi connectivity index (χ3v) is 2.57. The van der Waals surface area contributed by atoms with Gasteiger partial charge in [0.25, 0.3) is 0 Å². The Morgan fingerprint density at radius 2 is 2.12 bits per heavy atom. The van der Waals surface area contributed by atoms with Crippen LogP contribution >= 0.6 is 0 Å². The molecule has 0 aliphatic carbocycles. The number of hydrogen-bond acceptors (Lipinski definition) is 3. The smallest absolute Gasteiger partial charge is 0.238 e. The summed E-state index contributed by atoms with van der Waals surface area (Å²) in [5, 5.41) is 11.2. The number of carbonyl (C=O) groups is 1. The number of benzene rings is 1. The lowest BCUT2D eigenvalue weighted by Gasteiger charge is -2.26. The number of amides is 1. The van der Waals surface area contributed by atoms with Crippen molar-refractivity contribution in [3.63, 3.8) is 0 Å². The summed E-state index contributed by atoms with van der Waals surface area (Å²) in [5.41, 5.74) is 1.69. The lowest BCUT2D eigenvalue weighted by Crippen LogP contribution is -2.27. The zero-order chi connectivity index (χ0) is 12.8. The van der Waals surface area contributed by atoms with Crippen LogP contribution in [0.2, 0.25) is 0 Å². The van der Waals surface area contributed by atoms with Gasteiger partial charge in [0.1, 0.15) is 6.42 Å². The molecular weight excluding hydrogens is 214 g/mol. The van der Waals surface area contributed by atoms with Crippen LogP contribution in [0.3, 0.4) is 0 Å². The number of para-hydroxylation sites is 2. The summed E-state index contributed by atoms with van der Waals surface area (Å²) >= 11 is 0. The van der Waals surface area contributed by atoms with Crippen LogP contribution < -0.4 is 10.2 Å². The molecule has 0 aliphatic heterocycles. The highest BCUT2D eigenvalue weighted by Gasteiger charge is 2.11. The van der Waals surface area contributed by atoms with Crippen molar-refractivity contribution in [3.05, 3.63) is 24.3 Å². The largest absolute Gasteiger partial charge is 0.370 e. The average molecular weight is 231 g/mol. The van der Waals surface area contributed by atoms with Crippen molar-refractivity contribution in [2.45, 2.75) is 26.3 Å². The van der Waals surface area contributed by atoms with Crippen molar-refractivity contribution in [1.29, 1.82) is 5.26 Å². The molecule has 90 valence electrons. The number of nitrogens with one attached hydrogen (secondary N) is 1. The van der Waals surface area contributed by atoms with E-state index in [4.69, 9.17) is 5.26 Å². The van der Waals surface area contributed by atoms with E-state index in [0.717, 1.165) is 11.4 Å². The molecule has 4 nitrogen and oxygen atoms in total. The fourth-order valence-electron chi connectivity index (χ4n) is 1.43. The van der Waals surface area contributed by atoms with Gasteiger partial charge in [-0.25, -0.2) is 0 Å². The Labute approximate surface area is 102 Å². The van der Waals surface area contributed by atoms with Crippen LogP contribution in [0.5, 0.6) is 0 Å². The van der Waals surface area contributed by atoms with Gasteiger partial charge in [-0.2, -0.15) is 5.26 Å². The van der Waals surface area contributed by atoms with Gasteiger partial charge in [0, 0.05) is 13.1 Å². The third kappa shape index (κ3) is 3.49. The summed E-state index contributed by atoms with van der Waals surface area (Å²) in [6, 6.07) is 9.74. The van der Waals surface area contributed by atoms with E-state index in [2.05, 4.69) is 24.1 Å². The number of rotatable bonds is 4. The number of carbonyl (C=O) groups excluding carboxylic acids is 1. The van der Waals surface area contributed by atoms with E-state index < -0.39 is 0 Å². The summed E-state index contributed by atoms with van der Waals surface area (Å²) in [5.74, 6) is -0.280. The normalized spacial score (nSPS) is 9.82. The van der Waals surface area contributed by atoms with E-state index in [1.54, 1.807) is 0 Å². The molecule has 0 radical (unpaired) electrons. The van der Waals surface area contributed by atoms with Crippen molar-refractivity contribution >= 4 is 17.3 Å². The maximum atomic E-state index is 11.4. The SMILES string of the molecule is CC(C)N(C)c1ccccc1NC(=O)CC#N. The average Bonchev–Trinajstić information content (AvgIpc) is 2.29. The predicted octanol–water partition coefficient (Wildman–Crippen LogP) is 2.38.